The molecule has 0 amide bonds. The van der Waals surface area contributed by atoms with E-state index in [4.69, 9.17) is 19.7 Å². The summed E-state index contributed by atoms with van der Waals surface area (Å²) in [7, 11) is 0. The highest BCUT2D eigenvalue weighted by atomic mass is 32.2. The highest BCUT2D eigenvalue weighted by molar-refractivity contribution is 7.98. The molecule has 1 aliphatic heterocycles. The van der Waals surface area contributed by atoms with Crippen LogP contribution in [0, 0.1) is 0 Å². The maximum Gasteiger partial charge on any atom is 0.228 e. The Morgan fingerprint density at radius 1 is 0.892 bits per heavy atom. The Labute approximate surface area is 221 Å². The van der Waals surface area contributed by atoms with E-state index in [1.807, 2.05) is 6.33 Å². The number of rotatable bonds is 7. The molecule has 0 N–H and O–H groups in total. The summed E-state index contributed by atoms with van der Waals surface area (Å²) >= 11 is 1.73. The van der Waals surface area contributed by atoms with E-state index in [-0.39, 0.29) is 0 Å². The van der Waals surface area contributed by atoms with Crippen LogP contribution in [0.25, 0.3) is 21.9 Å². The molecule has 0 spiro atoms. The Morgan fingerprint density at radius 3 is 2.57 bits per heavy atom. The van der Waals surface area contributed by atoms with Gasteiger partial charge in [-0.25, -0.2) is 9.97 Å². The molecule has 1 saturated heterocycles. The third-order valence-corrected chi connectivity index (χ3v) is 7.98. The van der Waals surface area contributed by atoms with E-state index in [2.05, 4.69) is 83.1 Å². The van der Waals surface area contributed by atoms with Crippen molar-refractivity contribution in [3.8, 4) is 0 Å². The zero-order valence-electron chi connectivity index (χ0n) is 21.1. The summed E-state index contributed by atoms with van der Waals surface area (Å²) in [4.78, 5) is 17.2. The van der Waals surface area contributed by atoms with Gasteiger partial charge in [-0.15, -0.1) is 0 Å². The predicted octanol–water partition coefficient (Wildman–Crippen LogP) is 6.11. The first kappa shape index (κ1) is 23.9. The van der Waals surface area contributed by atoms with Crippen molar-refractivity contribution in [2.24, 2.45) is 0 Å². The number of fused-ring (bicyclic) bond motifs is 2. The Hall–Kier alpha value is -3.42. The second-order valence-electron chi connectivity index (χ2n) is 9.39. The number of benzene rings is 3. The molecule has 0 unspecified atom stereocenters. The molecule has 37 heavy (non-hydrogen) atoms. The summed E-state index contributed by atoms with van der Waals surface area (Å²) in [5.41, 5.74) is 5.68. The van der Waals surface area contributed by atoms with E-state index in [1.54, 1.807) is 11.8 Å². The van der Waals surface area contributed by atoms with Gasteiger partial charge in [0, 0.05) is 25.4 Å². The van der Waals surface area contributed by atoms with Crippen molar-refractivity contribution in [3.63, 3.8) is 0 Å². The molecule has 0 radical (unpaired) electrons. The zero-order chi connectivity index (χ0) is 25.0. The van der Waals surface area contributed by atoms with E-state index >= 15 is 0 Å². The fraction of sp³-hybridized carbons (Fsp3) is 0.300. The van der Waals surface area contributed by atoms with Crippen LogP contribution in [0.1, 0.15) is 30.0 Å². The van der Waals surface area contributed by atoms with Gasteiger partial charge in [-0.05, 0) is 40.3 Å². The zero-order valence-corrected chi connectivity index (χ0v) is 22.0. The Bertz CT molecular complexity index is 1500. The lowest BCUT2D eigenvalue weighted by Crippen LogP contribution is -2.28. The summed E-state index contributed by atoms with van der Waals surface area (Å²) in [6.07, 6.45) is 3.90. The van der Waals surface area contributed by atoms with Crippen LogP contribution in [-0.2, 0) is 23.5 Å². The van der Waals surface area contributed by atoms with Gasteiger partial charge in [0.15, 0.2) is 5.65 Å². The lowest BCUT2D eigenvalue weighted by atomic mass is 9.98. The molecular formula is C30H31N5OS. The third kappa shape index (κ3) is 5.06. The monoisotopic (exact) mass is 509 g/mol. The van der Waals surface area contributed by atoms with Gasteiger partial charge in [0.25, 0.3) is 0 Å². The smallest absolute Gasteiger partial charge is 0.228 e. The van der Waals surface area contributed by atoms with Crippen LogP contribution < -0.4 is 4.90 Å². The molecule has 2 aromatic heterocycles. The average Bonchev–Trinajstić information content (AvgIpc) is 3.15. The van der Waals surface area contributed by atoms with Gasteiger partial charge >= 0.3 is 0 Å². The lowest BCUT2D eigenvalue weighted by Gasteiger charge is -2.20. The summed E-state index contributed by atoms with van der Waals surface area (Å²) in [5, 5.41) is 3.55. The van der Waals surface area contributed by atoms with Crippen molar-refractivity contribution < 1.29 is 4.74 Å². The van der Waals surface area contributed by atoms with E-state index in [0.29, 0.717) is 13.2 Å². The Kier molecular flexibility index (Phi) is 7.06. The lowest BCUT2D eigenvalue weighted by molar-refractivity contribution is 0.152. The second kappa shape index (κ2) is 10.9. The van der Waals surface area contributed by atoms with Crippen LogP contribution in [-0.4, -0.2) is 45.8 Å². The topological polar surface area (TPSA) is 56.1 Å². The number of anilines is 1. The summed E-state index contributed by atoms with van der Waals surface area (Å²) in [5.74, 6) is 1.61. The SMILES string of the molecule is CCc1cccc2cccc(Cn3cnc4c(SCc5ccccc5)nc(N5CCCOCC5)nc43)c12. The molecule has 1 fully saturated rings. The van der Waals surface area contributed by atoms with Gasteiger partial charge in [0.05, 0.1) is 19.5 Å². The standard InChI is InChI=1S/C30H31N5OS/c1-2-23-11-6-12-24-13-7-14-25(26(23)24)19-35-21-31-27-28(35)32-30(34-15-8-17-36-18-16-34)33-29(27)37-20-22-9-4-3-5-10-22/h3-7,9-14,21H,2,8,15-20H2,1H3. The van der Waals surface area contributed by atoms with Crippen LogP contribution >= 0.6 is 11.8 Å². The van der Waals surface area contributed by atoms with Gasteiger partial charge in [0.1, 0.15) is 10.5 Å². The molecule has 5 aromatic rings. The molecule has 0 saturated carbocycles. The molecule has 0 bridgehead atoms. The van der Waals surface area contributed by atoms with Crippen molar-refractivity contribution in [3.05, 3.63) is 89.7 Å². The van der Waals surface area contributed by atoms with Crippen molar-refractivity contribution >= 4 is 39.6 Å². The number of thioether (sulfide) groups is 1. The van der Waals surface area contributed by atoms with Crippen LogP contribution in [0.5, 0.6) is 0 Å². The number of hydrogen-bond donors (Lipinski definition) is 0. The quantitative estimate of drug-likeness (QED) is 0.195. The van der Waals surface area contributed by atoms with Crippen LogP contribution in [0.15, 0.2) is 78.1 Å². The molecule has 6 rings (SSSR count). The number of hydrogen-bond acceptors (Lipinski definition) is 6. The van der Waals surface area contributed by atoms with Gasteiger partial charge in [-0.1, -0.05) is 85.4 Å². The average molecular weight is 510 g/mol. The van der Waals surface area contributed by atoms with Crippen LogP contribution in [0.2, 0.25) is 0 Å². The molecule has 7 heteroatoms. The highest BCUT2D eigenvalue weighted by Gasteiger charge is 2.20. The fourth-order valence-electron chi connectivity index (χ4n) is 5.05. The van der Waals surface area contributed by atoms with E-state index in [0.717, 1.165) is 60.4 Å². The van der Waals surface area contributed by atoms with E-state index < -0.39 is 0 Å². The molecule has 0 aliphatic carbocycles. The third-order valence-electron chi connectivity index (χ3n) is 6.94. The second-order valence-corrected chi connectivity index (χ2v) is 10.4. The van der Waals surface area contributed by atoms with Crippen LogP contribution in [0.3, 0.4) is 0 Å². The highest BCUT2D eigenvalue weighted by Crippen LogP contribution is 2.31. The maximum atomic E-state index is 5.70. The van der Waals surface area contributed by atoms with Gasteiger partial charge < -0.3 is 14.2 Å². The Balaban J connectivity index is 1.42. The molecule has 0 atom stereocenters. The maximum absolute atomic E-state index is 5.70. The predicted molar refractivity (Wildman–Crippen MR) is 151 cm³/mol. The van der Waals surface area contributed by atoms with Gasteiger partial charge in [0.2, 0.25) is 5.95 Å². The van der Waals surface area contributed by atoms with Crippen molar-refractivity contribution in [2.75, 3.05) is 31.2 Å². The minimum absolute atomic E-state index is 0.697. The molecule has 1 aliphatic rings. The van der Waals surface area contributed by atoms with E-state index in [1.165, 1.54) is 27.5 Å². The summed E-state index contributed by atoms with van der Waals surface area (Å²) in [6.45, 7) is 6.11. The molecule has 188 valence electrons. The van der Waals surface area contributed by atoms with Crippen LogP contribution in [0.4, 0.5) is 5.95 Å². The largest absolute Gasteiger partial charge is 0.380 e. The molecule has 3 aromatic carbocycles. The van der Waals surface area contributed by atoms with E-state index in [9.17, 15) is 0 Å². The van der Waals surface area contributed by atoms with Gasteiger partial charge in [-0.3, -0.25) is 0 Å². The number of aryl methyl sites for hydroxylation is 1. The number of aromatic nitrogens is 4. The summed E-state index contributed by atoms with van der Waals surface area (Å²) in [6, 6.07) is 23.7. The first-order valence-electron chi connectivity index (χ1n) is 13.0. The number of ether oxygens (including phenoxy) is 1. The molecular weight excluding hydrogens is 478 g/mol. The van der Waals surface area contributed by atoms with Crippen molar-refractivity contribution in [1.82, 2.24) is 19.5 Å². The van der Waals surface area contributed by atoms with Crippen molar-refractivity contribution in [1.29, 1.82) is 0 Å². The first-order valence-corrected chi connectivity index (χ1v) is 14.0. The van der Waals surface area contributed by atoms with Gasteiger partial charge in [-0.2, -0.15) is 4.98 Å². The fourth-order valence-corrected chi connectivity index (χ4v) is 5.97. The minimum Gasteiger partial charge on any atom is -0.380 e. The minimum atomic E-state index is 0.697. The summed E-state index contributed by atoms with van der Waals surface area (Å²) < 4.78 is 7.88. The number of nitrogens with zero attached hydrogens (tertiary/aromatic N) is 5. The first-order chi connectivity index (χ1) is 18.3. The molecule has 3 heterocycles. The Morgan fingerprint density at radius 2 is 1.73 bits per heavy atom. The number of imidazole rings is 1. The molecule has 6 nitrogen and oxygen atoms in total. The van der Waals surface area contributed by atoms with Crippen molar-refractivity contribution in [2.45, 2.75) is 37.1 Å². The normalized spacial score (nSPS) is 14.4.